The molecule has 1 heterocycles. The second-order valence-corrected chi connectivity index (χ2v) is 4.09. The first-order chi connectivity index (χ1) is 9.77. The molecule has 1 aromatic heterocycles. The molecule has 2 rings (SSSR count). The lowest BCUT2D eigenvalue weighted by Crippen LogP contribution is -2.12. The highest BCUT2D eigenvalue weighted by Gasteiger charge is 2.33. The molecule has 0 spiro atoms. The number of aromatic nitrogens is 1. The Morgan fingerprint density at radius 2 is 1.81 bits per heavy atom. The zero-order valence-corrected chi connectivity index (χ0v) is 10.5. The number of hydrogen-bond acceptors (Lipinski definition) is 4. The van der Waals surface area contributed by atoms with E-state index in [2.05, 4.69) is 4.98 Å². The monoisotopic (exact) mass is 297 g/mol. The van der Waals surface area contributed by atoms with Crippen molar-refractivity contribution in [2.45, 2.75) is 6.18 Å². The Morgan fingerprint density at radius 1 is 1.14 bits per heavy atom. The van der Waals surface area contributed by atoms with Crippen LogP contribution >= 0.6 is 0 Å². The van der Waals surface area contributed by atoms with Gasteiger partial charge in [-0.25, -0.2) is 0 Å². The predicted molar refractivity (Wildman–Crippen MR) is 68.7 cm³/mol. The number of nitrogens with zero attached hydrogens (tertiary/aromatic N) is 1. The summed E-state index contributed by atoms with van der Waals surface area (Å²) in [6.07, 6.45) is -3.32. The van der Waals surface area contributed by atoms with Gasteiger partial charge in [-0.3, -0.25) is 9.78 Å². The van der Waals surface area contributed by atoms with Gasteiger partial charge in [-0.1, -0.05) is 0 Å². The standard InChI is InChI=1S/C13H10F3N3O2/c14-13(15,16)9-5-7(1-2-10(9)17)21-8-3-4-19-11(6-8)12(18)20/h1-6H,17H2,(H2,18,20). The Kier molecular flexibility index (Phi) is 3.70. The van der Waals surface area contributed by atoms with Crippen LogP contribution in [0, 0.1) is 0 Å². The zero-order valence-electron chi connectivity index (χ0n) is 10.5. The number of primary amides is 1. The van der Waals surface area contributed by atoms with Crippen molar-refractivity contribution >= 4 is 11.6 Å². The second kappa shape index (κ2) is 5.31. The number of halogens is 3. The van der Waals surface area contributed by atoms with Gasteiger partial charge in [0.25, 0.3) is 5.91 Å². The number of carbonyl (C=O) groups is 1. The van der Waals surface area contributed by atoms with E-state index in [1.807, 2.05) is 0 Å². The Balaban J connectivity index is 2.32. The van der Waals surface area contributed by atoms with Crippen molar-refractivity contribution in [1.29, 1.82) is 0 Å². The summed E-state index contributed by atoms with van der Waals surface area (Å²) in [4.78, 5) is 14.7. The number of benzene rings is 1. The topological polar surface area (TPSA) is 91.2 Å². The first-order valence-electron chi connectivity index (χ1n) is 5.68. The summed E-state index contributed by atoms with van der Waals surface area (Å²) < 4.78 is 43.4. The molecule has 0 radical (unpaired) electrons. The van der Waals surface area contributed by atoms with Crippen molar-refractivity contribution in [3.63, 3.8) is 0 Å². The van der Waals surface area contributed by atoms with Gasteiger partial charge in [0.05, 0.1) is 5.56 Å². The number of nitrogens with two attached hydrogens (primary N) is 2. The summed E-state index contributed by atoms with van der Waals surface area (Å²) in [5, 5.41) is 0. The minimum absolute atomic E-state index is 0.0565. The minimum atomic E-state index is -4.58. The number of anilines is 1. The van der Waals surface area contributed by atoms with Crippen LogP contribution in [0.25, 0.3) is 0 Å². The summed E-state index contributed by atoms with van der Waals surface area (Å²) >= 11 is 0. The van der Waals surface area contributed by atoms with Crippen LogP contribution in [0.4, 0.5) is 18.9 Å². The first kappa shape index (κ1) is 14.6. The zero-order chi connectivity index (χ0) is 15.6. The van der Waals surface area contributed by atoms with E-state index in [0.29, 0.717) is 0 Å². The SMILES string of the molecule is NC(=O)c1cc(Oc2ccc(N)c(C(F)(F)F)c2)ccn1. The maximum absolute atomic E-state index is 12.7. The Morgan fingerprint density at radius 3 is 2.43 bits per heavy atom. The fourth-order valence-electron chi connectivity index (χ4n) is 1.59. The van der Waals surface area contributed by atoms with E-state index in [4.69, 9.17) is 16.2 Å². The van der Waals surface area contributed by atoms with E-state index >= 15 is 0 Å². The number of hydrogen-bond donors (Lipinski definition) is 2. The molecule has 0 atom stereocenters. The smallest absolute Gasteiger partial charge is 0.418 e. The lowest BCUT2D eigenvalue weighted by molar-refractivity contribution is -0.137. The molecule has 1 aromatic carbocycles. The lowest BCUT2D eigenvalue weighted by atomic mass is 10.1. The third-order valence-electron chi connectivity index (χ3n) is 2.55. The number of amides is 1. The van der Waals surface area contributed by atoms with Crippen LogP contribution in [0.15, 0.2) is 36.5 Å². The maximum Gasteiger partial charge on any atom is 0.418 e. The van der Waals surface area contributed by atoms with Gasteiger partial charge in [-0.05, 0) is 24.3 Å². The van der Waals surface area contributed by atoms with Crippen molar-refractivity contribution in [3.05, 3.63) is 47.8 Å². The van der Waals surface area contributed by atoms with Crippen LogP contribution in [0.1, 0.15) is 16.1 Å². The average molecular weight is 297 g/mol. The Labute approximate surface area is 117 Å². The molecule has 0 bridgehead atoms. The number of carbonyl (C=O) groups excluding carboxylic acids is 1. The lowest BCUT2D eigenvalue weighted by Gasteiger charge is -2.12. The molecule has 110 valence electrons. The fourth-order valence-corrected chi connectivity index (χ4v) is 1.59. The number of nitrogen functional groups attached to an aromatic ring is 1. The minimum Gasteiger partial charge on any atom is -0.457 e. The number of rotatable bonds is 3. The van der Waals surface area contributed by atoms with Crippen LogP contribution < -0.4 is 16.2 Å². The summed E-state index contributed by atoms with van der Waals surface area (Å²) in [6, 6.07) is 5.77. The molecular formula is C13H10F3N3O2. The number of pyridine rings is 1. The fraction of sp³-hybridized carbons (Fsp3) is 0.0769. The van der Waals surface area contributed by atoms with Gasteiger partial charge >= 0.3 is 6.18 Å². The van der Waals surface area contributed by atoms with Crippen molar-refractivity contribution in [1.82, 2.24) is 4.98 Å². The summed E-state index contributed by atoms with van der Waals surface area (Å²) in [7, 11) is 0. The van der Waals surface area contributed by atoms with Gasteiger partial charge in [-0.2, -0.15) is 13.2 Å². The molecule has 0 unspecified atom stereocenters. The van der Waals surface area contributed by atoms with Crippen LogP contribution in [-0.4, -0.2) is 10.9 Å². The molecule has 5 nitrogen and oxygen atoms in total. The first-order valence-corrected chi connectivity index (χ1v) is 5.68. The highest BCUT2D eigenvalue weighted by molar-refractivity contribution is 5.91. The van der Waals surface area contributed by atoms with E-state index in [0.717, 1.165) is 12.1 Å². The van der Waals surface area contributed by atoms with Crippen molar-refractivity contribution in [2.24, 2.45) is 5.73 Å². The third-order valence-corrected chi connectivity index (χ3v) is 2.55. The van der Waals surface area contributed by atoms with Crippen molar-refractivity contribution in [3.8, 4) is 11.5 Å². The van der Waals surface area contributed by atoms with Crippen molar-refractivity contribution in [2.75, 3.05) is 5.73 Å². The van der Waals surface area contributed by atoms with Crippen LogP contribution in [0.3, 0.4) is 0 Å². The normalized spacial score (nSPS) is 11.2. The average Bonchev–Trinajstić information content (AvgIpc) is 2.40. The van der Waals surface area contributed by atoms with Gasteiger partial charge in [0.2, 0.25) is 0 Å². The van der Waals surface area contributed by atoms with Gasteiger partial charge in [0.15, 0.2) is 0 Å². The molecule has 2 aromatic rings. The van der Waals surface area contributed by atoms with E-state index in [1.165, 1.54) is 24.4 Å². The molecule has 0 aliphatic heterocycles. The summed E-state index contributed by atoms with van der Waals surface area (Å²) in [5.74, 6) is -0.705. The van der Waals surface area contributed by atoms with E-state index in [1.54, 1.807) is 0 Å². The maximum atomic E-state index is 12.7. The Hall–Kier alpha value is -2.77. The second-order valence-electron chi connectivity index (χ2n) is 4.09. The van der Waals surface area contributed by atoms with Gasteiger partial charge < -0.3 is 16.2 Å². The summed E-state index contributed by atoms with van der Waals surface area (Å²) in [6.45, 7) is 0. The number of alkyl halides is 3. The van der Waals surface area contributed by atoms with Gasteiger partial charge in [-0.15, -0.1) is 0 Å². The van der Waals surface area contributed by atoms with E-state index < -0.39 is 23.3 Å². The predicted octanol–water partition coefficient (Wildman–Crippen LogP) is 2.57. The molecule has 4 N–H and O–H groups in total. The molecule has 0 saturated carbocycles. The highest BCUT2D eigenvalue weighted by atomic mass is 19.4. The molecule has 0 aliphatic carbocycles. The quantitative estimate of drug-likeness (QED) is 0.852. The molecule has 8 heteroatoms. The number of ether oxygens (including phenoxy) is 1. The van der Waals surface area contributed by atoms with E-state index in [-0.39, 0.29) is 17.2 Å². The molecule has 0 aliphatic rings. The molecule has 21 heavy (non-hydrogen) atoms. The molecular weight excluding hydrogens is 287 g/mol. The van der Waals surface area contributed by atoms with Crippen LogP contribution in [0.5, 0.6) is 11.5 Å². The van der Waals surface area contributed by atoms with Crippen molar-refractivity contribution < 1.29 is 22.7 Å². The molecule has 0 saturated heterocycles. The highest BCUT2D eigenvalue weighted by Crippen LogP contribution is 2.36. The van der Waals surface area contributed by atoms with Crippen LogP contribution in [-0.2, 0) is 6.18 Å². The van der Waals surface area contributed by atoms with Gasteiger partial charge in [0.1, 0.15) is 17.2 Å². The molecule has 1 amide bonds. The molecule has 0 fully saturated rings. The van der Waals surface area contributed by atoms with Gasteiger partial charge in [0, 0.05) is 18.0 Å². The largest absolute Gasteiger partial charge is 0.457 e. The summed E-state index contributed by atoms with van der Waals surface area (Å²) in [5.41, 5.74) is 8.89. The third kappa shape index (κ3) is 3.41. The van der Waals surface area contributed by atoms with E-state index in [9.17, 15) is 18.0 Å². The van der Waals surface area contributed by atoms with Crippen LogP contribution in [0.2, 0.25) is 0 Å². The Bertz CT molecular complexity index is 687.